The van der Waals surface area contributed by atoms with E-state index in [1.807, 2.05) is 11.3 Å². The number of nitrogens with zero attached hydrogens (tertiary/aromatic N) is 1. The molecule has 0 fully saturated rings. The van der Waals surface area contributed by atoms with Crippen LogP contribution in [-0.4, -0.2) is 4.57 Å². The summed E-state index contributed by atoms with van der Waals surface area (Å²) in [5.41, 5.74) is 10.6. The van der Waals surface area contributed by atoms with Gasteiger partial charge in [0.1, 0.15) is 11.5 Å². The average Bonchev–Trinajstić information content (AvgIpc) is 3.80. The number of aromatic nitrogens is 1. The molecule has 0 unspecified atom stereocenters. The minimum Gasteiger partial charge on any atom is -0.457 e. The first-order valence-electron chi connectivity index (χ1n) is 17.2. The van der Waals surface area contributed by atoms with Crippen LogP contribution in [0.4, 0.5) is 0 Å². The Labute approximate surface area is 292 Å². The highest BCUT2D eigenvalue weighted by Gasteiger charge is 2.51. The second-order valence-electron chi connectivity index (χ2n) is 13.6. The summed E-state index contributed by atoms with van der Waals surface area (Å²) in [6, 6.07) is 60.4. The third kappa shape index (κ3) is 3.24. The van der Waals surface area contributed by atoms with Gasteiger partial charge in [-0.15, -0.1) is 11.3 Å². The lowest BCUT2D eigenvalue weighted by molar-refractivity contribution is 0.437. The van der Waals surface area contributed by atoms with E-state index in [0.717, 1.165) is 17.2 Å². The molecule has 8 aromatic carbocycles. The molecule has 12 rings (SSSR count). The Hall–Kier alpha value is -6.16. The van der Waals surface area contributed by atoms with Gasteiger partial charge in [0.25, 0.3) is 0 Å². The maximum Gasteiger partial charge on any atom is 0.133 e. The third-order valence-corrected chi connectivity index (χ3v) is 12.4. The van der Waals surface area contributed by atoms with Crippen LogP contribution in [0.25, 0.3) is 69.6 Å². The predicted molar refractivity (Wildman–Crippen MR) is 209 cm³/mol. The molecule has 3 heteroatoms. The van der Waals surface area contributed by atoms with E-state index in [4.69, 9.17) is 4.74 Å². The van der Waals surface area contributed by atoms with Crippen LogP contribution < -0.4 is 4.74 Å². The van der Waals surface area contributed by atoms with Crippen LogP contribution in [0.15, 0.2) is 164 Å². The highest BCUT2D eigenvalue weighted by Crippen LogP contribution is 2.62. The smallest absolute Gasteiger partial charge is 0.133 e. The second kappa shape index (κ2) is 9.50. The molecule has 3 heterocycles. The van der Waals surface area contributed by atoms with E-state index < -0.39 is 5.41 Å². The van der Waals surface area contributed by atoms with Gasteiger partial charge >= 0.3 is 0 Å². The molecule has 1 aliphatic heterocycles. The summed E-state index contributed by atoms with van der Waals surface area (Å²) < 4.78 is 12.1. The molecule has 0 atom stereocenters. The van der Waals surface area contributed by atoms with E-state index in [2.05, 4.69) is 168 Å². The van der Waals surface area contributed by atoms with E-state index in [9.17, 15) is 0 Å². The molecule has 1 spiro atoms. The average molecular weight is 654 g/mol. The number of hydrogen-bond acceptors (Lipinski definition) is 2. The molecule has 2 aromatic heterocycles. The lowest BCUT2D eigenvalue weighted by Gasteiger charge is -2.39. The number of ether oxygens (including phenoxy) is 1. The Kier molecular flexibility index (Phi) is 5.08. The van der Waals surface area contributed by atoms with Crippen LogP contribution >= 0.6 is 11.3 Å². The number of fused-ring (bicyclic) bond motifs is 17. The van der Waals surface area contributed by atoms with E-state index in [1.54, 1.807) is 0 Å². The molecule has 2 aliphatic rings. The number of rotatable bonds is 1. The Morgan fingerprint density at radius 3 is 1.96 bits per heavy atom. The molecular formula is C47H27NOS. The third-order valence-electron chi connectivity index (χ3n) is 11.2. The van der Waals surface area contributed by atoms with Gasteiger partial charge in [0.15, 0.2) is 0 Å². The fraction of sp³-hybridized carbons (Fsp3) is 0.0213. The molecule has 10 aromatic rings. The van der Waals surface area contributed by atoms with Crippen molar-refractivity contribution in [2.75, 3.05) is 0 Å². The van der Waals surface area contributed by atoms with Gasteiger partial charge in [0.05, 0.1) is 16.4 Å². The fourth-order valence-electron chi connectivity index (χ4n) is 9.27. The van der Waals surface area contributed by atoms with Crippen molar-refractivity contribution >= 4 is 64.1 Å². The van der Waals surface area contributed by atoms with Crippen LogP contribution in [0.5, 0.6) is 11.5 Å². The van der Waals surface area contributed by atoms with Gasteiger partial charge in [-0.05, 0) is 75.5 Å². The Bertz CT molecular complexity index is 3040. The van der Waals surface area contributed by atoms with Gasteiger partial charge in [-0.3, -0.25) is 0 Å². The fourth-order valence-corrected chi connectivity index (χ4v) is 10.4. The summed E-state index contributed by atoms with van der Waals surface area (Å²) in [4.78, 5) is 0. The molecule has 0 bridgehead atoms. The van der Waals surface area contributed by atoms with Gasteiger partial charge in [-0.2, -0.15) is 0 Å². The van der Waals surface area contributed by atoms with Crippen LogP contribution in [0, 0.1) is 0 Å². The summed E-state index contributed by atoms with van der Waals surface area (Å²) in [5.74, 6) is 1.82. The summed E-state index contributed by atoms with van der Waals surface area (Å²) >= 11 is 1.87. The summed E-state index contributed by atoms with van der Waals surface area (Å²) in [5, 5.41) is 7.55. The Balaban J connectivity index is 1.25. The Morgan fingerprint density at radius 1 is 0.440 bits per heavy atom. The van der Waals surface area contributed by atoms with Gasteiger partial charge in [0, 0.05) is 47.8 Å². The number of benzene rings is 8. The quantitative estimate of drug-likeness (QED) is 0.172. The molecule has 50 heavy (non-hydrogen) atoms. The van der Waals surface area contributed by atoms with E-state index in [1.165, 1.54) is 86.1 Å². The first kappa shape index (κ1) is 26.8. The zero-order chi connectivity index (χ0) is 32.6. The summed E-state index contributed by atoms with van der Waals surface area (Å²) in [6.45, 7) is 0. The molecule has 0 saturated heterocycles. The van der Waals surface area contributed by atoms with Gasteiger partial charge < -0.3 is 9.30 Å². The summed E-state index contributed by atoms with van der Waals surface area (Å²) in [6.07, 6.45) is 0. The number of thiophene rings is 1. The van der Waals surface area contributed by atoms with Crippen molar-refractivity contribution < 1.29 is 4.74 Å². The van der Waals surface area contributed by atoms with Crippen molar-refractivity contribution in [2.45, 2.75) is 5.41 Å². The molecule has 232 valence electrons. The molecule has 0 radical (unpaired) electrons. The molecule has 0 amide bonds. The first-order chi connectivity index (χ1) is 24.8. The summed E-state index contributed by atoms with van der Waals surface area (Å²) in [7, 11) is 0. The van der Waals surface area contributed by atoms with E-state index in [0.29, 0.717) is 0 Å². The van der Waals surface area contributed by atoms with Crippen molar-refractivity contribution in [1.29, 1.82) is 0 Å². The lowest BCUT2D eigenvalue weighted by atomic mass is 9.66. The van der Waals surface area contributed by atoms with Crippen molar-refractivity contribution in [2.24, 2.45) is 0 Å². The largest absolute Gasteiger partial charge is 0.457 e. The molecule has 2 nitrogen and oxygen atoms in total. The van der Waals surface area contributed by atoms with Crippen LogP contribution in [-0.2, 0) is 5.41 Å². The maximum atomic E-state index is 6.96. The Morgan fingerprint density at radius 2 is 1.12 bits per heavy atom. The zero-order valence-corrected chi connectivity index (χ0v) is 27.7. The van der Waals surface area contributed by atoms with Crippen molar-refractivity contribution in [3.63, 3.8) is 0 Å². The lowest BCUT2D eigenvalue weighted by Crippen LogP contribution is -2.32. The monoisotopic (exact) mass is 653 g/mol. The maximum absolute atomic E-state index is 6.96. The normalized spacial score (nSPS) is 13.9. The topological polar surface area (TPSA) is 14.2 Å². The molecule has 1 aliphatic carbocycles. The predicted octanol–water partition coefficient (Wildman–Crippen LogP) is 12.8. The van der Waals surface area contributed by atoms with Crippen molar-refractivity contribution in [3.8, 4) is 28.3 Å². The van der Waals surface area contributed by atoms with Crippen molar-refractivity contribution in [1.82, 2.24) is 4.57 Å². The van der Waals surface area contributed by atoms with E-state index in [-0.39, 0.29) is 0 Å². The minimum absolute atomic E-state index is 0.523. The van der Waals surface area contributed by atoms with E-state index >= 15 is 0 Å². The highest BCUT2D eigenvalue weighted by molar-refractivity contribution is 7.25. The highest BCUT2D eigenvalue weighted by atomic mass is 32.1. The van der Waals surface area contributed by atoms with Gasteiger partial charge in [-0.25, -0.2) is 0 Å². The number of hydrogen-bond donors (Lipinski definition) is 0. The SMILES string of the molecule is c1ccc2c(c1)Oc1cc3c4c5ccccc5ccc4n(-c4ccc5c(c4)sc4ccccc45)c3cc1C21c2ccccc2-c2ccccc21. The van der Waals surface area contributed by atoms with Crippen molar-refractivity contribution in [3.05, 3.63) is 186 Å². The van der Waals surface area contributed by atoms with Gasteiger partial charge in [0.2, 0.25) is 0 Å². The number of para-hydroxylation sites is 1. The molecule has 0 N–H and O–H groups in total. The van der Waals surface area contributed by atoms with Crippen LogP contribution in [0.1, 0.15) is 22.3 Å². The molecular weight excluding hydrogens is 627 g/mol. The van der Waals surface area contributed by atoms with Gasteiger partial charge in [-0.1, -0.05) is 121 Å². The minimum atomic E-state index is -0.523. The van der Waals surface area contributed by atoms with Crippen LogP contribution in [0.3, 0.4) is 0 Å². The molecule has 0 saturated carbocycles. The van der Waals surface area contributed by atoms with Crippen LogP contribution in [0.2, 0.25) is 0 Å². The first-order valence-corrected chi connectivity index (χ1v) is 18.0. The standard InChI is InChI=1S/C47H27NOS/c1-2-12-30-28(11-1)21-24-40-46(30)35-26-43-39(27-41(35)48(40)29-22-23-34-33-15-5-10-20-44(33)50-45(34)25-29)47(38-18-8-9-19-42(38)49-43)36-16-6-3-13-31(36)32-14-4-7-17-37(32)47/h1-27H. The zero-order valence-electron chi connectivity index (χ0n) is 26.9. The second-order valence-corrected chi connectivity index (χ2v) is 14.7.